The van der Waals surface area contributed by atoms with Crippen molar-refractivity contribution in [3.63, 3.8) is 0 Å². The first-order valence-electron chi connectivity index (χ1n) is 10.8. The third-order valence-electron chi connectivity index (χ3n) is 5.97. The largest absolute Gasteiger partial charge is 0.305 e. The first-order valence-corrected chi connectivity index (χ1v) is 11.2. The van der Waals surface area contributed by atoms with Gasteiger partial charge in [0.25, 0.3) is 11.6 Å². The summed E-state index contributed by atoms with van der Waals surface area (Å²) in [6.45, 7) is 1.73. The number of hydrogen-bond acceptors (Lipinski definition) is 4. The van der Waals surface area contributed by atoms with Crippen LogP contribution >= 0.6 is 11.6 Å². The van der Waals surface area contributed by atoms with Crippen LogP contribution in [-0.2, 0) is 6.54 Å². The lowest BCUT2D eigenvalue weighted by Crippen LogP contribution is -2.47. The van der Waals surface area contributed by atoms with E-state index in [1.165, 1.54) is 54.6 Å². The van der Waals surface area contributed by atoms with Gasteiger partial charge in [0.15, 0.2) is 0 Å². The number of nitrogens with zero attached hydrogens (tertiary/aromatic N) is 3. The Kier molecular flexibility index (Phi) is 7.19. The zero-order chi connectivity index (χ0) is 24.2. The third-order valence-corrected chi connectivity index (χ3v) is 6.34. The lowest BCUT2D eigenvalue weighted by atomic mass is 10.00. The molecule has 0 atom stereocenters. The standard InChI is InChI=1S/C25H22ClF2N3O3/c26-24-10-9-23(31(33)34)15-18(24)16-29-13-11-22(12-14-29)30(21-7-5-20(28)6-8-21)25(32)17-1-3-19(27)4-2-17/h1-10,15,22H,11-14,16H2. The topological polar surface area (TPSA) is 66.7 Å². The monoisotopic (exact) mass is 485 g/mol. The number of nitro benzene ring substituents is 1. The molecular weight excluding hydrogens is 464 g/mol. The summed E-state index contributed by atoms with van der Waals surface area (Å²) in [6.07, 6.45) is 1.27. The van der Waals surface area contributed by atoms with Crippen molar-refractivity contribution in [3.05, 3.63) is 105 Å². The van der Waals surface area contributed by atoms with E-state index in [0.29, 0.717) is 54.3 Å². The van der Waals surface area contributed by atoms with Crippen LogP contribution in [0.5, 0.6) is 0 Å². The van der Waals surface area contributed by atoms with Gasteiger partial charge in [-0.05, 0) is 73.0 Å². The van der Waals surface area contributed by atoms with Gasteiger partial charge in [0.2, 0.25) is 0 Å². The van der Waals surface area contributed by atoms with Crippen molar-refractivity contribution < 1.29 is 18.5 Å². The van der Waals surface area contributed by atoms with Crippen molar-refractivity contribution in [1.82, 2.24) is 4.90 Å². The highest BCUT2D eigenvalue weighted by Gasteiger charge is 2.30. The number of nitro groups is 1. The van der Waals surface area contributed by atoms with Gasteiger partial charge in [0.05, 0.1) is 4.92 Å². The van der Waals surface area contributed by atoms with Gasteiger partial charge in [-0.3, -0.25) is 19.8 Å². The highest BCUT2D eigenvalue weighted by Crippen LogP contribution is 2.29. The van der Waals surface area contributed by atoms with Gasteiger partial charge in [-0.1, -0.05) is 11.6 Å². The molecule has 4 rings (SSSR count). The predicted molar refractivity (Wildman–Crippen MR) is 126 cm³/mol. The molecule has 1 aliphatic heterocycles. The summed E-state index contributed by atoms with van der Waals surface area (Å²) < 4.78 is 26.9. The predicted octanol–water partition coefficient (Wildman–Crippen LogP) is 5.84. The molecule has 9 heteroatoms. The number of hydrogen-bond donors (Lipinski definition) is 0. The number of piperidine rings is 1. The van der Waals surface area contributed by atoms with E-state index in [1.807, 2.05) is 0 Å². The fourth-order valence-electron chi connectivity index (χ4n) is 4.20. The Labute approximate surface area is 200 Å². The molecule has 3 aromatic carbocycles. The number of carbonyl (C=O) groups excluding carboxylic acids is 1. The zero-order valence-corrected chi connectivity index (χ0v) is 18.9. The van der Waals surface area contributed by atoms with Crippen molar-refractivity contribution in [2.45, 2.75) is 25.4 Å². The number of halogens is 3. The van der Waals surface area contributed by atoms with Crippen LogP contribution in [0.1, 0.15) is 28.8 Å². The molecule has 1 fully saturated rings. The second kappa shape index (κ2) is 10.3. The number of likely N-dealkylation sites (tertiary alicyclic amines) is 1. The van der Waals surface area contributed by atoms with Gasteiger partial charge in [0, 0.05) is 54.1 Å². The van der Waals surface area contributed by atoms with Gasteiger partial charge in [-0.2, -0.15) is 0 Å². The first-order chi connectivity index (χ1) is 16.3. The maximum Gasteiger partial charge on any atom is 0.269 e. The van der Waals surface area contributed by atoms with Gasteiger partial charge >= 0.3 is 0 Å². The molecule has 0 aliphatic carbocycles. The molecule has 0 unspecified atom stereocenters. The summed E-state index contributed by atoms with van der Waals surface area (Å²) in [5.74, 6) is -1.12. The minimum absolute atomic E-state index is 0.0123. The average molecular weight is 486 g/mol. The second-order valence-electron chi connectivity index (χ2n) is 8.20. The molecule has 0 spiro atoms. The average Bonchev–Trinajstić information content (AvgIpc) is 2.83. The first kappa shape index (κ1) is 23.8. The molecule has 1 amide bonds. The Morgan fingerprint density at radius 3 is 2.18 bits per heavy atom. The summed E-state index contributed by atoms with van der Waals surface area (Å²) in [6, 6.07) is 15.3. The Balaban J connectivity index is 1.51. The highest BCUT2D eigenvalue weighted by molar-refractivity contribution is 6.31. The quantitative estimate of drug-likeness (QED) is 0.325. The maximum absolute atomic E-state index is 13.5. The minimum atomic E-state index is -0.451. The van der Waals surface area contributed by atoms with Crippen LogP contribution in [0.4, 0.5) is 20.2 Å². The molecule has 3 aromatic rings. The molecular formula is C25H22ClF2N3O3. The van der Waals surface area contributed by atoms with Crippen molar-refractivity contribution >= 4 is 28.9 Å². The van der Waals surface area contributed by atoms with Crippen molar-refractivity contribution in [1.29, 1.82) is 0 Å². The number of anilines is 1. The van der Waals surface area contributed by atoms with Crippen LogP contribution in [0.2, 0.25) is 5.02 Å². The number of benzene rings is 3. The molecule has 176 valence electrons. The maximum atomic E-state index is 13.5. The molecule has 1 saturated heterocycles. The van der Waals surface area contributed by atoms with Gasteiger partial charge in [-0.15, -0.1) is 0 Å². The molecule has 1 heterocycles. The number of non-ortho nitro benzene ring substituents is 1. The van der Waals surface area contributed by atoms with E-state index in [0.717, 1.165) is 0 Å². The zero-order valence-electron chi connectivity index (χ0n) is 18.2. The molecule has 1 aliphatic rings. The second-order valence-corrected chi connectivity index (χ2v) is 8.61. The van der Waals surface area contributed by atoms with E-state index in [4.69, 9.17) is 11.6 Å². The van der Waals surface area contributed by atoms with Gasteiger partial charge < -0.3 is 4.90 Å². The summed E-state index contributed by atoms with van der Waals surface area (Å²) in [7, 11) is 0. The molecule has 34 heavy (non-hydrogen) atoms. The van der Waals surface area contributed by atoms with Gasteiger partial charge in [0.1, 0.15) is 11.6 Å². The molecule has 0 bridgehead atoms. The Morgan fingerprint density at radius 1 is 1.00 bits per heavy atom. The molecule has 0 aromatic heterocycles. The van der Waals surface area contributed by atoms with E-state index in [1.54, 1.807) is 17.0 Å². The summed E-state index contributed by atoms with van der Waals surface area (Å²) in [4.78, 5) is 27.8. The molecule has 0 saturated carbocycles. The molecule has 0 N–H and O–H groups in total. The Hall–Kier alpha value is -3.36. The number of rotatable bonds is 6. The number of amides is 1. The van der Waals surface area contributed by atoms with Gasteiger partial charge in [-0.25, -0.2) is 8.78 Å². The van der Waals surface area contributed by atoms with Crippen molar-refractivity contribution in [3.8, 4) is 0 Å². The van der Waals surface area contributed by atoms with E-state index < -0.39 is 16.6 Å². The molecule has 0 radical (unpaired) electrons. The van der Waals surface area contributed by atoms with E-state index in [-0.39, 0.29) is 17.6 Å². The summed E-state index contributed by atoms with van der Waals surface area (Å²) in [5.41, 5.74) is 1.57. The van der Waals surface area contributed by atoms with Crippen molar-refractivity contribution in [2.24, 2.45) is 0 Å². The van der Waals surface area contributed by atoms with Crippen LogP contribution in [-0.4, -0.2) is 34.9 Å². The smallest absolute Gasteiger partial charge is 0.269 e. The third kappa shape index (κ3) is 5.40. The van der Waals surface area contributed by atoms with Crippen LogP contribution < -0.4 is 4.90 Å². The van der Waals surface area contributed by atoms with Crippen LogP contribution in [0.25, 0.3) is 0 Å². The lowest BCUT2D eigenvalue weighted by Gasteiger charge is -2.38. The van der Waals surface area contributed by atoms with Crippen LogP contribution in [0, 0.1) is 21.7 Å². The SMILES string of the molecule is O=C(c1ccc(F)cc1)N(c1ccc(F)cc1)C1CCN(Cc2cc([N+](=O)[O-])ccc2Cl)CC1. The van der Waals surface area contributed by atoms with Crippen molar-refractivity contribution in [2.75, 3.05) is 18.0 Å². The molecule has 6 nitrogen and oxygen atoms in total. The van der Waals surface area contributed by atoms with Crippen LogP contribution in [0.3, 0.4) is 0 Å². The summed E-state index contributed by atoms with van der Waals surface area (Å²) >= 11 is 6.25. The van der Waals surface area contributed by atoms with E-state index in [9.17, 15) is 23.7 Å². The Morgan fingerprint density at radius 2 is 1.59 bits per heavy atom. The summed E-state index contributed by atoms with van der Waals surface area (Å²) in [5, 5.41) is 11.6. The highest BCUT2D eigenvalue weighted by atomic mass is 35.5. The van der Waals surface area contributed by atoms with E-state index >= 15 is 0 Å². The normalized spacial score (nSPS) is 14.7. The van der Waals surface area contributed by atoms with E-state index in [2.05, 4.69) is 4.90 Å². The van der Waals surface area contributed by atoms with Crippen LogP contribution in [0.15, 0.2) is 66.7 Å². The number of carbonyl (C=O) groups is 1. The Bertz CT molecular complexity index is 1180. The minimum Gasteiger partial charge on any atom is -0.305 e. The fourth-order valence-corrected chi connectivity index (χ4v) is 4.38. The fraction of sp³-hybridized carbons (Fsp3) is 0.240. The lowest BCUT2D eigenvalue weighted by molar-refractivity contribution is -0.384.